The number of anilines is 1. The summed E-state index contributed by atoms with van der Waals surface area (Å²) in [5.74, 6) is 3.15. The predicted octanol–water partition coefficient (Wildman–Crippen LogP) is 4.99. The van der Waals surface area contributed by atoms with Crippen molar-refractivity contribution in [2.45, 2.75) is 75.2 Å². The number of hydrogen-bond donors (Lipinski definition) is 2. The molecule has 2 aromatic rings. The molecule has 5 nitrogen and oxygen atoms in total. The molecule has 30 heavy (non-hydrogen) atoms. The summed E-state index contributed by atoms with van der Waals surface area (Å²) in [7, 11) is 2.20. The molecule has 1 aromatic carbocycles. The van der Waals surface area contributed by atoms with Gasteiger partial charge in [-0.3, -0.25) is 0 Å². The van der Waals surface area contributed by atoms with E-state index in [1.165, 1.54) is 74.6 Å². The second-order valence-corrected chi connectivity index (χ2v) is 10.1. The van der Waals surface area contributed by atoms with E-state index in [2.05, 4.69) is 29.4 Å². The molecule has 0 spiro atoms. The zero-order valence-corrected chi connectivity index (χ0v) is 17.9. The van der Waals surface area contributed by atoms with Crippen LogP contribution in [-0.4, -0.2) is 46.4 Å². The van der Waals surface area contributed by atoms with E-state index in [4.69, 9.17) is 10.2 Å². The van der Waals surface area contributed by atoms with Crippen molar-refractivity contribution in [3.8, 4) is 17.0 Å². The molecule has 5 heteroatoms. The Labute approximate surface area is 178 Å². The summed E-state index contributed by atoms with van der Waals surface area (Å²) in [6.07, 6.45) is 9.91. The Morgan fingerprint density at radius 1 is 0.933 bits per heavy atom. The molecule has 2 N–H and O–H groups in total. The number of phenolic OH excluding ortho intramolecular Hbond substituents is 1. The lowest BCUT2D eigenvalue weighted by Crippen LogP contribution is -2.40. The van der Waals surface area contributed by atoms with Crippen LogP contribution in [0, 0.1) is 0 Å². The highest BCUT2D eigenvalue weighted by molar-refractivity contribution is 5.74. The van der Waals surface area contributed by atoms with Gasteiger partial charge in [0.15, 0.2) is 5.82 Å². The van der Waals surface area contributed by atoms with E-state index in [1.54, 1.807) is 0 Å². The molecule has 1 aromatic heterocycles. The van der Waals surface area contributed by atoms with Gasteiger partial charge in [-0.2, -0.15) is 0 Å². The van der Waals surface area contributed by atoms with E-state index < -0.39 is 0 Å². The second kappa shape index (κ2) is 7.23. The second-order valence-electron chi connectivity index (χ2n) is 10.1. The molecule has 0 unspecified atom stereocenters. The molecule has 1 aliphatic heterocycles. The first kappa shape index (κ1) is 18.6. The maximum Gasteiger partial charge on any atom is 0.152 e. The third kappa shape index (κ3) is 3.18. The molecule has 1 atom stereocenters. The van der Waals surface area contributed by atoms with E-state index in [-0.39, 0.29) is 0 Å². The first-order chi connectivity index (χ1) is 14.7. The number of likely N-dealkylation sites (tertiary alicyclic amines) is 1. The third-order valence-corrected chi connectivity index (χ3v) is 7.89. The van der Waals surface area contributed by atoms with Crippen molar-refractivity contribution in [1.82, 2.24) is 15.1 Å². The van der Waals surface area contributed by atoms with Gasteiger partial charge in [-0.15, -0.1) is 10.2 Å². The normalized spacial score (nSPS) is 28.4. The predicted molar refractivity (Wildman–Crippen MR) is 119 cm³/mol. The minimum Gasteiger partial charge on any atom is -0.507 e. The number of nitrogens with zero attached hydrogens (tertiary/aromatic N) is 3. The van der Waals surface area contributed by atoms with Gasteiger partial charge >= 0.3 is 0 Å². The standard InChI is InChI=1S/C25H32N4O/c1-29-12-2-3-19(14-29)26-25-23-17-8-6-16(7-9-17)22(23)24(27-28-25)20-11-10-18(13-21(20)30)15-4-5-15/h10-11,13,15-17,19,30H,2-9,12,14H2,1H3,(H,26,28)/t16?,17?,19-/m1/s1. The van der Waals surface area contributed by atoms with Gasteiger partial charge in [0, 0.05) is 23.7 Å². The van der Waals surface area contributed by atoms with Crippen molar-refractivity contribution < 1.29 is 5.11 Å². The van der Waals surface area contributed by atoms with E-state index in [0.29, 0.717) is 29.5 Å². The summed E-state index contributed by atoms with van der Waals surface area (Å²) < 4.78 is 0. The summed E-state index contributed by atoms with van der Waals surface area (Å²) in [6.45, 7) is 2.25. The zero-order valence-electron chi connectivity index (χ0n) is 17.9. The van der Waals surface area contributed by atoms with Crippen LogP contribution in [0.2, 0.25) is 0 Å². The Bertz CT molecular complexity index is 962. The Morgan fingerprint density at radius 3 is 2.37 bits per heavy atom. The largest absolute Gasteiger partial charge is 0.507 e. The summed E-state index contributed by atoms with van der Waals surface area (Å²) in [4.78, 5) is 2.40. The average molecular weight is 405 g/mol. The van der Waals surface area contributed by atoms with Gasteiger partial charge in [0.25, 0.3) is 0 Å². The van der Waals surface area contributed by atoms with E-state index in [9.17, 15) is 5.11 Å². The smallest absolute Gasteiger partial charge is 0.152 e. The summed E-state index contributed by atoms with van der Waals surface area (Å²) in [5, 5.41) is 24.1. The maximum absolute atomic E-state index is 10.9. The van der Waals surface area contributed by atoms with Gasteiger partial charge < -0.3 is 15.3 Å². The highest BCUT2D eigenvalue weighted by Crippen LogP contribution is 2.54. The molecule has 0 amide bonds. The van der Waals surface area contributed by atoms with Gasteiger partial charge in [-0.25, -0.2) is 0 Å². The quantitative estimate of drug-likeness (QED) is 0.752. The average Bonchev–Trinajstić information content (AvgIpc) is 3.60. The zero-order chi connectivity index (χ0) is 20.2. The Kier molecular flexibility index (Phi) is 4.48. The van der Waals surface area contributed by atoms with Crippen LogP contribution in [-0.2, 0) is 0 Å². The minimum absolute atomic E-state index is 0.368. The van der Waals surface area contributed by atoms with Crippen LogP contribution in [0.25, 0.3) is 11.3 Å². The van der Waals surface area contributed by atoms with Gasteiger partial charge in [0.05, 0.1) is 0 Å². The van der Waals surface area contributed by atoms with Crippen molar-refractivity contribution in [2.24, 2.45) is 0 Å². The Hall–Kier alpha value is -2.14. The van der Waals surface area contributed by atoms with Gasteiger partial charge in [0.2, 0.25) is 0 Å². The van der Waals surface area contributed by atoms with Crippen LogP contribution in [0.5, 0.6) is 5.75 Å². The molecule has 4 aliphatic carbocycles. The molecule has 2 saturated carbocycles. The molecule has 7 rings (SSSR count). The topological polar surface area (TPSA) is 61.3 Å². The fourth-order valence-corrected chi connectivity index (χ4v) is 6.16. The number of likely N-dealkylation sites (N-methyl/N-ethyl adjacent to an activating group) is 1. The lowest BCUT2D eigenvalue weighted by Gasteiger charge is -2.40. The molecular weight excluding hydrogens is 372 g/mol. The van der Waals surface area contributed by atoms with Crippen LogP contribution in [0.3, 0.4) is 0 Å². The fraction of sp³-hybridized carbons (Fsp3) is 0.600. The molecular formula is C25H32N4O. The molecule has 158 valence electrons. The minimum atomic E-state index is 0.368. The van der Waals surface area contributed by atoms with Crippen molar-refractivity contribution in [3.63, 3.8) is 0 Å². The van der Waals surface area contributed by atoms with Crippen molar-refractivity contribution in [3.05, 3.63) is 34.9 Å². The molecule has 2 heterocycles. The van der Waals surface area contributed by atoms with E-state index in [0.717, 1.165) is 23.6 Å². The van der Waals surface area contributed by atoms with Crippen molar-refractivity contribution in [1.29, 1.82) is 0 Å². The number of hydrogen-bond acceptors (Lipinski definition) is 5. The van der Waals surface area contributed by atoms with Crippen molar-refractivity contribution in [2.75, 3.05) is 25.5 Å². The molecule has 2 bridgehead atoms. The number of aromatic hydroxyl groups is 1. The monoisotopic (exact) mass is 404 g/mol. The van der Waals surface area contributed by atoms with Gasteiger partial charge in [-0.05, 0) is 106 Å². The number of aromatic nitrogens is 2. The van der Waals surface area contributed by atoms with E-state index in [1.807, 2.05) is 6.07 Å². The Balaban J connectivity index is 1.41. The molecule has 0 radical (unpaired) electrons. The van der Waals surface area contributed by atoms with Crippen LogP contribution < -0.4 is 5.32 Å². The van der Waals surface area contributed by atoms with Crippen LogP contribution in [0.4, 0.5) is 5.82 Å². The van der Waals surface area contributed by atoms with Crippen LogP contribution >= 0.6 is 0 Å². The first-order valence-electron chi connectivity index (χ1n) is 11.9. The fourth-order valence-electron chi connectivity index (χ4n) is 6.16. The van der Waals surface area contributed by atoms with Crippen LogP contribution in [0.15, 0.2) is 18.2 Å². The number of nitrogens with one attached hydrogen (secondary N) is 1. The summed E-state index contributed by atoms with van der Waals surface area (Å²) in [5.41, 5.74) is 5.82. The van der Waals surface area contributed by atoms with Gasteiger partial charge in [-0.1, -0.05) is 6.07 Å². The lowest BCUT2D eigenvalue weighted by molar-refractivity contribution is 0.260. The molecule has 5 aliphatic rings. The highest BCUT2D eigenvalue weighted by Gasteiger charge is 2.39. The van der Waals surface area contributed by atoms with Crippen molar-refractivity contribution >= 4 is 5.82 Å². The van der Waals surface area contributed by atoms with E-state index >= 15 is 0 Å². The number of benzene rings is 1. The number of piperidine rings is 1. The maximum atomic E-state index is 10.9. The SMILES string of the molecule is CN1CCC[C@@H](Nc2nnc(-c3ccc(C4CC4)cc3O)c3c2C2CCC3CC2)C1. The number of fused-ring (bicyclic) bond motifs is 2. The first-order valence-corrected chi connectivity index (χ1v) is 11.9. The highest BCUT2D eigenvalue weighted by atomic mass is 16.3. The number of rotatable bonds is 4. The summed E-state index contributed by atoms with van der Waals surface area (Å²) >= 11 is 0. The van der Waals surface area contributed by atoms with Crippen LogP contribution in [0.1, 0.15) is 85.8 Å². The molecule has 3 fully saturated rings. The third-order valence-electron chi connectivity index (χ3n) is 7.89. The lowest BCUT2D eigenvalue weighted by atomic mass is 9.66. The Morgan fingerprint density at radius 2 is 1.67 bits per heavy atom. The molecule has 1 saturated heterocycles. The number of phenols is 1. The summed E-state index contributed by atoms with van der Waals surface area (Å²) in [6, 6.07) is 6.68. The van der Waals surface area contributed by atoms with Gasteiger partial charge in [0.1, 0.15) is 11.4 Å².